The first kappa shape index (κ1) is 18.5. The summed E-state index contributed by atoms with van der Waals surface area (Å²) < 4.78 is 5.54. The number of carbonyl (C=O) groups excluding carboxylic acids is 1. The summed E-state index contributed by atoms with van der Waals surface area (Å²) in [6, 6.07) is 5.42. The van der Waals surface area contributed by atoms with Gasteiger partial charge in [0.05, 0.1) is 0 Å². The van der Waals surface area contributed by atoms with Gasteiger partial charge in [-0.15, -0.1) is 0 Å². The maximum atomic E-state index is 11.0. The Labute approximate surface area is 154 Å². The van der Waals surface area contributed by atoms with Crippen molar-refractivity contribution in [2.45, 2.75) is 38.6 Å². The van der Waals surface area contributed by atoms with E-state index in [9.17, 15) is 9.90 Å². The van der Waals surface area contributed by atoms with Crippen LogP contribution in [0.2, 0.25) is 5.02 Å². The molecule has 2 fully saturated rings. The lowest BCUT2D eigenvalue weighted by Gasteiger charge is -2.42. The third-order valence-electron chi connectivity index (χ3n) is 5.28. The summed E-state index contributed by atoms with van der Waals surface area (Å²) in [5.41, 5.74) is 6.15. The minimum atomic E-state index is -0.498. The van der Waals surface area contributed by atoms with E-state index >= 15 is 0 Å². The summed E-state index contributed by atoms with van der Waals surface area (Å²) in [6.07, 6.45) is 5.92. The van der Waals surface area contributed by atoms with Crippen LogP contribution in [0, 0.1) is 11.3 Å². The van der Waals surface area contributed by atoms with Crippen molar-refractivity contribution in [2.24, 2.45) is 17.1 Å². The van der Waals surface area contributed by atoms with Crippen LogP contribution >= 0.6 is 11.6 Å². The maximum absolute atomic E-state index is 11.0. The summed E-state index contributed by atoms with van der Waals surface area (Å²) in [5.74, 6) is 0.945. The number of piperidine rings is 1. The SMILES string of the molecule is NC(=O)COc1ccc(Cl)cc1CN1CCCC(CO)(CC2CC2)C1. The standard InChI is InChI=1S/C19H27ClN2O3/c20-16-4-5-17(25-11-18(21)24)15(8-16)10-22-7-1-6-19(12-22,13-23)9-14-2-3-14/h4-5,8,14,23H,1-3,6-7,9-13H2,(H2,21,24). The molecule has 138 valence electrons. The van der Waals surface area contributed by atoms with Gasteiger partial charge in [-0.2, -0.15) is 0 Å². The molecule has 1 amide bonds. The van der Waals surface area contributed by atoms with Crippen molar-refractivity contribution < 1.29 is 14.6 Å². The average molecular weight is 367 g/mol. The van der Waals surface area contributed by atoms with Crippen LogP contribution < -0.4 is 10.5 Å². The van der Waals surface area contributed by atoms with Crippen molar-refractivity contribution in [3.63, 3.8) is 0 Å². The molecule has 1 saturated carbocycles. The Balaban J connectivity index is 1.70. The number of hydrogen-bond acceptors (Lipinski definition) is 4. The molecule has 25 heavy (non-hydrogen) atoms. The predicted octanol–water partition coefficient (Wildman–Crippen LogP) is 2.58. The smallest absolute Gasteiger partial charge is 0.255 e. The quantitative estimate of drug-likeness (QED) is 0.741. The van der Waals surface area contributed by atoms with Crippen LogP contribution in [-0.2, 0) is 11.3 Å². The summed E-state index contributed by atoms with van der Waals surface area (Å²) in [5, 5.41) is 10.7. The fourth-order valence-corrected chi connectivity index (χ4v) is 4.14. The highest BCUT2D eigenvalue weighted by molar-refractivity contribution is 6.30. The third kappa shape index (κ3) is 5.09. The van der Waals surface area contributed by atoms with Crippen LogP contribution in [0.1, 0.15) is 37.7 Å². The summed E-state index contributed by atoms with van der Waals surface area (Å²) >= 11 is 6.15. The Bertz CT molecular complexity index is 621. The largest absolute Gasteiger partial charge is 0.483 e. The zero-order chi connectivity index (χ0) is 17.9. The predicted molar refractivity (Wildman–Crippen MR) is 97.5 cm³/mol. The van der Waals surface area contributed by atoms with Gasteiger partial charge in [-0.05, 0) is 49.9 Å². The topological polar surface area (TPSA) is 75.8 Å². The van der Waals surface area contributed by atoms with Gasteiger partial charge in [-0.25, -0.2) is 0 Å². The molecule has 1 heterocycles. The van der Waals surface area contributed by atoms with Crippen LogP contribution in [-0.4, -0.2) is 42.2 Å². The molecule has 1 atom stereocenters. The lowest BCUT2D eigenvalue weighted by atomic mass is 9.76. The van der Waals surface area contributed by atoms with Crippen LogP contribution in [0.25, 0.3) is 0 Å². The van der Waals surface area contributed by atoms with E-state index in [1.54, 1.807) is 12.1 Å². The number of aliphatic hydroxyl groups is 1. The lowest BCUT2D eigenvalue weighted by Crippen LogP contribution is -2.45. The molecule has 5 nitrogen and oxygen atoms in total. The van der Waals surface area contributed by atoms with E-state index in [0.29, 0.717) is 17.3 Å². The molecule has 0 spiro atoms. The summed E-state index contributed by atoms with van der Waals surface area (Å²) in [7, 11) is 0. The zero-order valence-corrected chi connectivity index (χ0v) is 15.3. The molecule has 0 radical (unpaired) electrons. The van der Waals surface area contributed by atoms with Gasteiger partial charge in [0.25, 0.3) is 5.91 Å². The number of likely N-dealkylation sites (tertiary alicyclic amines) is 1. The Hall–Kier alpha value is -1.30. The van der Waals surface area contributed by atoms with Gasteiger partial charge in [0, 0.05) is 35.7 Å². The van der Waals surface area contributed by atoms with E-state index in [4.69, 9.17) is 22.1 Å². The molecule has 1 unspecified atom stereocenters. The first-order chi connectivity index (χ1) is 12.0. The molecule has 6 heteroatoms. The van der Waals surface area contributed by atoms with Gasteiger partial charge < -0.3 is 15.6 Å². The van der Waals surface area contributed by atoms with E-state index in [1.165, 1.54) is 12.8 Å². The number of benzene rings is 1. The summed E-state index contributed by atoms with van der Waals surface area (Å²) in [6.45, 7) is 2.69. The molecule has 0 bridgehead atoms. The van der Waals surface area contributed by atoms with E-state index in [0.717, 1.165) is 43.8 Å². The number of carbonyl (C=O) groups is 1. The minimum absolute atomic E-state index is 0.0201. The van der Waals surface area contributed by atoms with E-state index in [2.05, 4.69) is 4.90 Å². The number of halogens is 1. The monoisotopic (exact) mass is 366 g/mol. The molecule has 1 aromatic rings. The first-order valence-electron chi connectivity index (χ1n) is 9.02. The lowest BCUT2D eigenvalue weighted by molar-refractivity contribution is -0.119. The van der Waals surface area contributed by atoms with Gasteiger partial charge in [0.2, 0.25) is 0 Å². The molecule has 1 saturated heterocycles. The Kier molecular flexibility index (Phi) is 5.87. The molecule has 3 N–H and O–H groups in total. The van der Waals surface area contributed by atoms with Crippen molar-refractivity contribution >= 4 is 17.5 Å². The van der Waals surface area contributed by atoms with Crippen molar-refractivity contribution in [3.8, 4) is 5.75 Å². The van der Waals surface area contributed by atoms with Gasteiger partial charge in [0.15, 0.2) is 6.61 Å². The molecular formula is C19H27ClN2O3. The number of rotatable bonds is 8. The van der Waals surface area contributed by atoms with Crippen molar-refractivity contribution in [3.05, 3.63) is 28.8 Å². The first-order valence-corrected chi connectivity index (χ1v) is 9.40. The highest BCUT2D eigenvalue weighted by Gasteiger charge is 2.39. The molecule has 2 aliphatic rings. The number of nitrogens with zero attached hydrogens (tertiary/aromatic N) is 1. The van der Waals surface area contributed by atoms with Crippen LogP contribution in [0.15, 0.2) is 18.2 Å². The second-order valence-corrected chi connectivity index (χ2v) is 8.06. The molecule has 3 rings (SSSR count). The van der Waals surface area contributed by atoms with Gasteiger partial charge >= 0.3 is 0 Å². The van der Waals surface area contributed by atoms with Gasteiger partial charge in [0.1, 0.15) is 5.75 Å². The molecule has 1 aliphatic carbocycles. The van der Waals surface area contributed by atoms with E-state index in [1.807, 2.05) is 6.07 Å². The average Bonchev–Trinajstić information content (AvgIpc) is 3.38. The number of primary amides is 1. The molecule has 1 aromatic carbocycles. The zero-order valence-electron chi connectivity index (χ0n) is 14.5. The van der Waals surface area contributed by atoms with Crippen molar-refractivity contribution in [1.82, 2.24) is 4.90 Å². The van der Waals surface area contributed by atoms with Crippen LogP contribution in [0.5, 0.6) is 5.75 Å². The van der Waals surface area contributed by atoms with Crippen LogP contribution in [0.3, 0.4) is 0 Å². The maximum Gasteiger partial charge on any atom is 0.255 e. The summed E-state index contributed by atoms with van der Waals surface area (Å²) in [4.78, 5) is 13.4. The van der Waals surface area contributed by atoms with Crippen molar-refractivity contribution in [2.75, 3.05) is 26.3 Å². The minimum Gasteiger partial charge on any atom is -0.483 e. The van der Waals surface area contributed by atoms with Crippen molar-refractivity contribution in [1.29, 1.82) is 0 Å². The Morgan fingerprint density at radius 2 is 2.24 bits per heavy atom. The number of amides is 1. The van der Waals surface area contributed by atoms with E-state index < -0.39 is 5.91 Å². The number of nitrogens with two attached hydrogens (primary N) is 1. The Morgan fingerprint density at radius 1 is 1.44 bits per heavy atom. The van der Waals surface area contributed by atoms with E-state index in [-0.39, 0.29) is 18.6 Å². The van der Waals surface area contributed by atoms with Gasteiger partial charge in [-0.1, -0.05) is 24.4 Å². The van der Waals surface area contributed by atoms with Crippen LogP contribution in [0.4, 0.5) is 0 Å². The fourth-order valence-electron chi connectivity index (χ4n) is 3.94. The molecule has 1 aliphatic heterocycles. The Morgan fingerprint density at radius 3 is 2.92 bits per heavy atom. The second kappa shape index (κ2) is 7.94. The number of hydrogen-bond donors (Lipinski definition) is 2. The third-order valence-corrected chi connectivity index (χ3v) is 5.52. The molecule has 0 aromatic heterocycles. The number of aliphatic hydroxyl groups excluding tert-OH is 1. The molecular weight excluding hydrogens is 340 g/mol. The highest BCUT2D eigenvalue weighted by Crippen LogP contribution is 2.44. The van der Waals surface area contributed by atoms with Gasteiger partial charge in [-0.3, -0.25) is 9.69 Å². The fraction of sp³-hybridized carbons (Fsp3) is 0.632. The second-order valence-electron chi connectivity index (χ2n) is 7.63. The normalized spacial score (nSPS) is 24.2. The highest BCUT2D eigenvalue weighted by atomic mass is 35.5. The number of ether oxygens (including phenoxy) is 1.